The Morgan fingerprint density at radius 3 is 2.36 bits per heavy atom. The van der Waals surface area contributed by atoms with Crippen LogP contribution in [0.2, 0.25) is 0 Å². The van der Waals surface area contributed by atoms with E-state index in [-0.39, 0.29) is 5.91 Å². The molecule has 0 aliphatic carbocycles. The van der Waals surface area contributed by atoms with Gasteiger partial charge >= 0.3 is 0 Å². The van der Waals surface area contributed by atoms with Crippen molar-refractivity contribution in [3.05, 3.63) is 77.1 Å². The number of benzene rings is 2. The quantitative estimate of drug-likeness (QED) is 0.759. The topological polar surface area (TPSA) is 46.9 Å². The summed E-state index contributed by atoms with van der Waals surface area (Å²) in [6, 6.07) is 18.0. The number of hydrogen-bond donors (Lipinski definition) is 1. The van der Waals surface area contributed by atoms with Crippen molar-refractivity contribution in [3.63, 3.8) is 0 Å². The van der Waals surface area contributed by atoms with Crippen molar-refractivity contribution >= 4 is 11.6 Å². The minimum absolute atomic E-state index is 0.0249. The molecule has 0 fully saturated rings. The molecule has 0 bridgehead atoms. The second-order valence-electron chi connectivity index (χ2n) is 6.17. The molecule has 0 radical (unpaired) electrons. The first-order chi connectivity index (χ1) is 12.1. The predicted octanol–water partition coefficient (Wildman–Crippen LogP) is 4.23. The highest BCUT2D eigenvalue weighted by Gasteiger charge is 2.16. The van der Waals surface area contributed by atoms with Gasteiger partial charge in [-0.1, -0.05) is 37.3 Å². The lowest BCUT2D eigenvalue weighted by Crippen LogP contribution is -2.15. The SMILES string of the molecule is CCc1ccc(NC(=O)Cc2c(C)nn(-c3ccccc3)c2C)cc1. The van der Waals surface area contributed by atoms with Crippen molar-refractivity contribution in [3.8, 4) is 5.69 Å². The minimum Gasteiger partial charge on any atom is -0.326 e. The first kappa shape index (κ1) is 17.0. The van der Waals surface area contributed by atoms with Gasteiger partial charge in [0, 0.05) is 16.9 Å². The molecule has 0 aliphatic rings. The van der Waals surface area contributed by atoms with Crippen molar-refractivity contribution in [2.45, 2.75) is 33.6 Å². The zero-order valence-corrected chi connectivity index (χ0v) is 14.9. The lowest BCUT2D eigenvalue weighted by molar-refractivity contribution is -0.115. The molecule has 3 aromatic rings. The van der Waals surface area contributed by atoms with E-state index in [0.29, 0.717) is 6.42 Å². The van der Waals surface area contributed by atoms with Crippen LogP contribution < -0.4 is 5.32 Å². The lowest BCUT2D eigenvalue weighted by atomic mass is 10.1. The number of aryl methyl sites for hydroxylation is 2. The number of carbonyl (C=O) groups is 1. The molecule has 1 amide bonds. The smallest absolute Gasteiger partial charge is 0.228 e. The van der Waals surface area contributed by atoms with Crippen LogP contribution in [0, 0.1) is 13.8 Å². The fourth-order valence-corrected chi connectivity index (χ4v) is 2.94. The van der Waals surface area contributed by atoms with Crippen LogP contribution in [-0.2, 0) is 17.6 Å². The van der Waals surface area contributed by atoms with Crippen LogP contribution in [0.3, 0.4) is 0 Å². The van der Waals surface area contributed by atoms with Gasteiger partial charge in [0.1, 0.15) is 0 Å². The Balaban J connectivity index is 1.76. The van der Waals surface area contributed by atoms with Crippen LogP contribution in [0.15, 0.2) is 54.6 Å². The number of carbonyl (C=O) groups excluding carboxylic acids is 1. The molecule has 2 aromatic carbocycles. The molecule has 0 atom stereocenters. The van der Waals surface area contributed by atoms with Crippen LogP contribution in [-0.4, -0.2) is 15.7 Å². The highest BCUT2D eigenvalue weighted by atomic mass is 16.1. The van der Waals surface area contributed by atoms with E-state index in [0.717, 1.165) is 34.7 Å². The van der Waals surface area contributed by atoms with Crippen molar-refractivity contribution in [2.75, 3.05) is 5.32 Å². The zero-order valence-electron chi connectivity index (χ0n) is 14.9. The number of nitrogens with one attached hydrogen (secondary N) is 1. The van der Waals surface area contributed by atoms with Gasteiger partial charge in [-0.05, 0) is 50.1 Å². The summed E-state index contributed by atoms with van der Waals surface area (Å²) in [5.41, 5.74) is 5.95. The molecule has 0 aliphatic heterocycles. The maximum Gasteiger partial charge on any atom is 0.228 e. The summed E-state index contributed by atoms with van der Waals surface area (Å²) < 4.78 is 1.90. The Morgan fingerprint density at radius 2 is 1.72 bits per heavy atom. The van der Waals surface area contributed by atoms with E-state index in [1.54, 1.807) is 0 Å². The van der Waals surface area contributed by atoms with Gasteiger partial charge in [0.15, 0.2) is 0 Å². The van der Waals surface area contributed by atoms with Crippen molar-refractivity contribution in [2.24, 2.45) is 0 Å². The average Bonchev–Trinajstić information content (AvgIpc) is 2.91. The third-order valence-electron chi connectivity index (χ3n) is 4.43. The summed E-state index contributed by atoms with van der Waals surface area (Å²) in [5, 5.41) is 7.57. The Morgan fingerprint density at radius 1 is 1.04 bits per heavy atom. The van der Waals surface area contributed by atoms with Crippen molar-refractivity contribution in [1.82, 2.24) is 9.78 Å². The number of anilines is 1. The first-order valence-electron chi connectivity index (χ1n) is 8.57. The van der Waals surface area contributed by atoms with E-state index < -0.39 is 0 Å². The maximum atomic E-state index is 12.4. The Hall–Kier alpha value is -2.88. The van der Waals surface area contributed by atoms with Gasteiger partial charge in [0.25, 0.3) is 0 Å². The first-order valence-corrected chi connectivity index (χ1v) is 8.57. The molecular weight excluding hydrogens is 310 g/mol. The molecule has 0 saturated carbocycles. The van der Waals surface area contributed by atoms with E-state index in [1.165, 1.54) is 5.56 Å². The molecule has 128 valence electrons. The summed E-state index contributed by atoms with van der Waals surface area (Å²) in [6.07, 6.45) is 1.31. The van der Waals surface area contributed by atoms with E-state index in [1.807, 2.05) is 73.1 Å². The highest BCUT2D eigenvalue weighted by Crippen LogP contribution is 2.19. The molecule has 4 heteroatoms. The van der Waals surface area contributed by atoms with Crippen LogP contribution in [0.5, 0.6) is 0 Å². The fraction of sp³-hybridized carbons (Fsp3) is 0.238. The Kier molecular flexibility index (Phi) is 4.98. The number of hydrogen-bond acceptors (Lipinski definition) is 2. The number of rotatable bonds is 5. The monoisotopic (exact) mass is 333 g/mol. The average molecular weight is 333 g/mol. The zero-order chi connectivity index (χ0) is 17.8. The standard InChI is InChI=1S/C21H23N3O/c1-4-17-10-12-18(13-11-17)22-21(25)14-20-15(2)23-24(16(20)3)19-8-6-5-7-9-19/h5-13H,4,14H2,1-3H3,(H,22,25). The van der Waals surface area contributed by atoms with Crippen LogP contribution >= 0.6 is 0 Å². The molecule has 1 heterocycles. The molecule has 3 rings (SSSR count). The molecule has 0 unspecified atom stereocenters. The van der Waals surface area contributed by atoms with Crippen LogP contribution in [0.1, 0.15) is 29.4 Å². The minimum atomic E-state index is -0.0249. The largest absolute Gasteiger partial charge is 0.326 e. The van der Waals surface area contributed by atoms with Gasteiger partial charge in [-0.15, -0.1) is 0 Å². The van der Waals surface area contributed by atoms with E-state index in [9.17, 15) is 4.79 Å². The van der Waals surface area contributed by atoms with E-state index in [2.05, 4.69) is 17.3 Å². The third-order valence-corrected chi connectivity index (χ3v) is 4.43. The molecule has 1 N–H and O–H groups in total. The number of aromatic nitrogens is 2. The number of nitrogens with zero attached hydrogens (tertiary/aromatic N) is 2. The molecule has 1 aromatic heterocycles. The summed E-state index contributed by atoms with van der Waals surface area (Å²) in [6.45, 7) is 6.07. The van der Waals surface area contributed by atoms with Gasteiger partial charge in [0.2, 0.25) is 5.91 Å². The van der Waals surface area contributed by atoms with Crippen LogP contribution in [0.4, 0.5) is 5.69 Å². The van der Waals surface area contributed by atoms with E-state index >= 15 is 0 Å². The van der Waals surface area contributed by atoms with Crippen molar-refractivity contribution in [1.29, 1.82) is 0 Å². The molecular formula is C21H23N3O. The summed E-state index contributed by atoms with van der Waals surface area (Å²) in [5.74, 6) is -0.0249. The molecule has 0 spiro atoms. The van der Waals surface area contributed by atoms with Gasteiger partial charge in [0.05, 0.1) is 17.8 Å². The van der Waals surface area contributed by atoms with Gasteiger partial charge in [-0.3, -0.25) is 4.79 Å². The number of amides is 1. The molecule has 0 saturated heterocycles. The Bertz CT molecular complexity index is 864. The predicted molar refractivity (Wildman–Crippen MR) is 101 cm³/mol. The number of para-hydroxylation sites is 1. The highest BCUT2D eigenvalue weighted by molar-refractivity contribution is 5.92. The third kappa shape index (κ3) is 3.79. The Labute approximate surface area is 148 Å². The van der Waals surface area contributed by atoms with Crippen LogP contribution in [0.25, 0.3) is 5.69 Å². The summed E-state index contributed by atoms with van der Waals surface area (Å²) in [4.78, 5) is 12.4. The lowest BCUT2D eigenvalue weighted by Gasteiger charge is -2.07. The summed E-state index contributed by atoms with van der Waals surface area (Å²) in [7, 11) is 0. The van der Waals surface area contributed by atoms with Gasteiger partial charge < -0.3 is 5.32 Å². The maximum absolute atomic E-state index is 12.4. The fourth-order valence-electron chi connectivity index (χ4n) is 2.94. The van der Waals surface area contributed by atoms with Gasteiger partial charge in [-0.2, -0.15) is 5.10 Å². The van der Waals surface area contributed by atoms with Crippen molar-refractivity contribution < 1.29 is 4.79 Å². The normalized spacial score (nSPS) is 10.7. The van der Waals surface area contributed by atoms with E-state index in [4.69, 9.17) is 0 Å². The second-order valence-corrected chi connectivity index (χ2v) is 6.17. The second kappa shape index (κ2) is 7.34. The van der Waals surface area contributed by atoms with Gasteiger partial charge in [-0.25, -0.2) is 4.68 Å². The molecule has 4 nitrogen and oxygen atoms in total. The summed E-state index contributed by atoms with van der Waals surface area (Å²) >= 11 is 0. The molecule has 25 heavy (non-hydrogen) atoms.